The first-order chi connectivity index (χ1) is 15.0. The van der Waals surface area contributed by atoms with Crippen molar-refractivity contribution in [2.24, 2.45) is 5.92 Å². The Kier molecular flexibility index (Phi) is 7.18. The molecular weight excluding hydrogens is 396 g/mol. The maximum absolute atomic E-state index is 12.8. The van der Waals surface area contributed by atoms with E-state index in [0.29, 0.717) is 42.5 Å². The molecule has 8 nitrogen and oxygen atoms in total. The molecule has 0 aliphatic carbocycles. The fourth-order valence-electron chi connectivity index (χ4n) is 3.27. The Hall–Kier alpha value is -3.91. The van der Waals surface area contributed by atoms with Gasteiger partial charge in [-0.15, -0.1) is 0 Å². The van der Waals surface area contributed by atoms with Crippen molar-refractivity contribution < 1.29 is 19.1 Å². The molecule has 0 bridgehead atoms. The highest BCUT2D eigenvalue weighted by molar-refractivity contribution is 6.06. The van der Waals surface area contributed by atoms with E-state index in [9.17, 15) is 14.9 Å². The van der Waals surface area contributed by atoms with Gasteiger partial charge in [0.05, 0.1) is 11.6 Å². The van der Waals surface area contributed by atoms with Crippen LogP contribution in [0.25, 0.3) is 0 Å². The predicted molar refractivity (Wildman–Crippen MR) is 110 cm³/mol. The van der Waals surface area contributed by atoms with Crippen molar-refractivity contribution >= 4 is 11.7 Å². The highest BCUT2D eigenvalue weighted by atomic mass is 16.5. The number of hydrogen-bond acceptors (Lipinski definition) is 7. The first-order valence-corrected chi connectivity index (χ1v) is 10.1. The van der Waals surface area contributed by atoms with Gasteiger partial charge in [-0.1, -0.05) is 6.92 Å². The van der Waals surface area contributed by atoms with E-state index < -0.39 is 23.7 Å². The molecule has 31 heavy (non-hydrogen) atoms. The molecule has 158 valence electrons. The van der Waals surface area contributed by atoms with E-state index in [0.717, 1.165) is 12.8 Å². The number of rotatable bonds is 8. The van der Waals surface area contributed by atoms with Crippen LogP contribution in [0.3, 0.4) is 0 Å². The Balaban J connectivity index is 1.63. The minimum absolute atomic E-state index is 0.331. The van der Waals surface area contributed by atoms with Gasteiger partial charge in [0.15, 0.2) is 17.8 Å². The quantitative estimate of drug-likeness (QED) is 0.604. The number of ketones is 1. The van der Waals surface area contributed by atoms with E-state index >= 15 is 0 Å². The number of ether oxygens (including phenoxy) is 2. The zero-order valence-corrected chi connectivity index (χ0v) is 17.2. The van der Waals surface area contributed by atoms with Gasteiger partial charge in [0.1, 0.15) is 17.6 Å². The minimum Gasteiger partial charge on any atom is -0.483 e. The summed E-state index contributed by atoms with van der Waals surface area (Å²) >= 11 is 0. The number of pyridine rings is 1. The molecule has 1 saturated heterocycles. The average Bonchev–Trinajstić information content (AvgIpc) is 3.34. The predicted octanol–water partition coefficient (Wildman–Crippen LogP) is 3.23. The Morgan fingerprint density at radius 2 is 1.77 bits per heavy atom. The summed E-state index contributed by atoms with van der Waals surface area (Å²) in [6.45, 7) is 2.93. The largest absolute Gasteiger partial charge is 0.483 e. The second-order valence-corrected chi connectivity index (χ2v) is 7.08. The summed E-state index contributed by atoms with van der Waals surface area (Å²) in [5.41, 5.74) is 0.435. The van der Waals surface area contributed by atoms with Gasteiger partial charge in [0.2, 0.25) is 11.8 Å². The molecule has 0 radical (unpaired) electrons. The number of carbonyl (C=O) groups excluding carboxylic acids is 2. The van der Waals surface area contributed by atoms with Gasteiger partial charge in [0, 0.05) is 25.4 Å². The third-order valence-corrected chi connectivity index (χ3v) is 4.96. The second-order valence-electron chi connectivity index (χ2n) is 7.08. The van der Waals surface area contributed by atoms with Gasteiger partial charge in [-0.3, -0.25) is 9.59 Å². The Morgan fingerprint density at radius 3 is 2.32 bits per heavy atom. The Morgan fingerprint density at radius 1 is 1.10 bits per heavy atom. The summed E-state index contributed by atoms with van der Waals surface area (Å²) in [6, 6.07) is 13.6. The summed E-state index contributed by atoms with van der Waals surface area (Å²) < 4.78 is 11.4. The van der Waals surface area contributed by atoms with Crippen LogP contribution in [0.4, 0.5) is 0 Å². The van der Waals surface area contributed by atoms with Gasteiger partial charge < -0.3 is 14.4 Å². The molecule has 1 amide bonds. The molecule has 2 heterocycles. The van der Waals surface area contributed by atoms with Gasteiger partial charge in [-0.2, -0.15) is 10.5 Å². The maximum Gasteiger partial charge on any atom is 0.247 e. The standard InChI is InChI=1S/C23H22N4O4/c1-2-20(22(28)19(14-25)23(29)27-11-3-4-12-27)30-17-6-8-18(9-7-17)31-21-10-5-16(13-24)15-26-21/h5-10,15,19-20H,2-4,11-12H2,1H3. The van der Waals surface area contributed by atoms with E-state index in [1.54, 1.807) is 48.2 Å². The van der Waals surface area contributed by atoms with Gasteiger partial charge >= 0.3 is 0 Å². The van der Waals surface area contributed by atoms with Gasteiger partial charge in [0.25, 0.3) is 0 Å². The first-order valence-electron chi connectivity index (χ1n) is 10.1. The molecule has 1 aromatic heterocycles. The smallest absolute Gasteiger partial charge is 0.247 e. The number of carbonyl (C=O) groups is 2. The molecule has 0 N–H and O–H groups in total. The lowest BCUT2D eigenvalue weighted by Crippen LogP contribution is -2.42. The van der Waals surface area contributed by atoms with Crippen LogP contribution in [0.2, 0.25) is 0 Å². The number of nitriles is 2. The maximum atomic E-state index is 12.8. The second kappa shape index (κ2) is 10.2. The summed E-state index contributed by atoms with van der Waals surface area (Å²) in [6.07, 6.45) is 2.62. The van der Waals surface area contributed by atoms with Crippen LogP contribution in [0.5, 0.6) is 17.4 Å². The van der Waals surface area contributed by atoms with E-state index in [2.05, 4.69) is 4.98 Å². The Bertz CT molecular complexity index is 1000. The van der Waals surface area contributed by atoms with Crippen LogP contribution in [-0.2, 0) is 9.59 Å². The van der Waals surface area contributed by atoms with Crippen molar-refractivity contribution in [3.8, 4) is 29.5 Å². The van der Waals surface area contributed by atoms with Crippen LogP contribution >= 0.6 is 0 Å². The van der Waals surface area contributed by atoms with Crippen molar-refractivity contribution in [1.29, 1.82) is 10.5 Å². The van der Waals surface area contributed by atoms with E-state index in [1.165, 1.54) is 6.20 Å². The Labute approximate surface area is 180 Å². The molecule has 1 aliphatic rings. The van der Waals surface area contributed by atoms with Gasteiger partial charge in [-0.05, 0) is 49.6 Å². The lowest BCUT2D eigenvalue weighted by Gasteiger charge is -2.22. The number of benzene rings is 1. The number of amides is 1. The van der Waals surface area contributed by atoms with E-state index in [1.807, 2.05) is 12.1 Å². The molecule has 1 aromatic carbocycles. The summed E-state index contributed by atoms with van der Waals surface area (Å²) in [4.78, 5) is 31.0. The van der Waals surface area contributed by atoms with E-state index in [-0.39, 0.29) is 0 Å². The molecule has 0 saturated carbocycles. The van der Waals surface area contributed by atoms with Crippen molar-refractivity contribution in [3.05, 3.63) is 48.2 Å². The average molecular weight is 418 g/mol. The topological polar surface area (TPSA) is 116 Å². The monoisotopic (exact) mass is 418 g/mol. The first kappa shape index (κ1) is 21.8. The SMILES string of the molecule is CCC(Oc1ccc(Oc2ccc(C#N)cn2)cc1)C(=O)C(C#N)C(=O)N1CCCC1. The molecule has 2 aromatic rings. The van der Waals surface area contributed by atoms with Crippen molar-refractivity contribution in [2.45, 2.75) is 32.3 Å². The normalized spacial score (nSPS) is 14.7. The highest BCUT2D eigenvalue weighted by Gasteiger charge is 2.36. The fraction of sp³-hybridized carbons (Fsp3) is 0.348. The minimum atomic E-state index is -1.35. The van der Waals surface area contributed by atoms with Gasteiger partial charge in [-0.25, -0.2) is 4.98 Å². The van der Waals surface area contributed by atoms with Crippen LogP contribution in [0.1, 0.15) is 31.7 Å². The van der Waals surface area contributed by atoms with Crippen LogP contribution < -0.4 is 9.47 Å². The van der Waals surface area contributed by atoms with Crippen LogP contribution in [0.15, 0.2) is 42.6 Å². The molecule has 3 rings (SSSR count). The lowest BCUT2D eigenvalue weighted by molar-refractivity contribution is -0.141. The number of likely N-dealkylation sites (tertiary alicyclic amines) is 1. The van der Waals surface area contributed by atoms with Crippen molar-refractivity contribution in [1.82, 2.24) is 9.88 Å². The van der Waals surface area contributed by atoms with Crippen molar-refractivity contribution in [2.75, 3.05) is 13.1 Å². The van der Waals surface area contributed by atoms with E-state index in [4.69, 9.17) is 14.7 Å². The molecule has 2 atom stereocenters. The molecular formula is C23H22N4O4. The number of nitrogens with zero attached hydrogens (tertiary/aromatic N) is 4. The third-order valence-electron chi connectivity index (χ3n) is 4.96. The van der Waals surface area contributed by atoms with Crippen molar-refractivity contribution in [3.63, 3.8) is 0 Å². The van der Waals surface area contributed by atoms with Crippen LogP contribution in [-0.4, -0.2) is 40.8 Å². The number of Topliss-reactive ketones (excluding diaryl/α,β-unsaturated/α-hetero) is 1. The number of hydrogen-bond donors (Lipinski definition) is 0. The fourth-order valence-corrected chi connectivity index (χ4v) is 3.27. The highest BCUT2D eigenvalue weighted by Crippen LogP contribution is 2.24. The zero-order chi connectivity index (χ0) is 22.2. The molecule has 2 unspecified atom stereocenters. The molecule has 1 fully saturated rings. The summed E-state index contributed by atoms with van der Waals surface area (Å²) in [5.74, 6) is -1.05. The molecule has 0 spiro atoms. The molecule has 1 aliphatic heterocycles. The zero-order valence-electron chi connectivity index (χ0n) is 17.2. The third kappa shape index (κ3) is 5.37. The summed E-state index contributed by atoms with van der Waals surface area (Å²) in [7, 11) is 0. The summed E-state index contributed by atoms with van der Waals surface area (Å²) in [5, 5.41) is 18.2. The molecule has 8 heteroatoms. The number of aromatic nitrogens is 1. The van der Waals surface area contributed by atoms with Crippen LogP contribution in [0, 0.1) is 28.6 Å². The lowest BCUT2D eigenvalue weighted by atomic mass is 9.98.